The smallest absolute Gasteiger partial charge is 0.333 e. The highest BCUT2D eigenvalue weighted by Gasteiger charge is 2.95. The number of rotatable bonds is 11. The molecule has 3 unspecified atom stereocenters. The second kappa shape index (κ2) is 6.19. The largest absolute Gasteiger partial charge is 0.453 e. The number of epoxide rings is 3. The van der Waals surface area contributed by atoms with Crippen LogP contribution in [0.25, 0.3) is 0 Å². The summed E-state index contributed by atoms with van der Waals surface area (Å²) in [6.45, 7) is 10.5. The van der Waals surface area contributed by atoms with E-state index in [0.717, 1.165) is 32.3 Å². The van der Waals surface area contributed by atoms with Crippen LogP contribution in [0.4, 0.5) is 0 Å². The van der Waals surface area contributed by atoms with Crippen molar-refractivity contribution < 1.29 is 23.7 Å². The van der Waals surface area contributed by atoms with Gasteiger partial charge >= 0.3 is 5.97 Å². The summed E-state index contributed by atoms with van der Waals surface area (Å²) in [5.41, 5.74) is 0.408. The van der Waals surface area contributed by atoms with Gasteiger partial charge in [-0.1, -0.05) is 46.1 Å². The average molecular weight is 324 g/mol. The molecule has 5 heteroatoms. The molecule has 0 aromatic rings. The van der Waals surface area contributed by atoms with E-state index in [1.54, 1.807) is 6.92 Å². The maximum absolute atomic E-state index is 12.0. The van der Waals surface area contributed by atoms with Crippen LogP contribution in [0.15, 0.2) is 12.2 Å². The van der Waals surface area contributed by atoms with Crippen molar-refractivity contribution in [2.75, 3.05) is 6.61 Å². The summed E-state index contributed by atoms with van der Waals surface area (Å²) in [7, 11) is 0. The highest BCUT2D eigenvalue weighted by molar-refractivity contribution is 5.87. The number of ether oxygens (including phenoxy) is 4. The first kappa shape index (κ1) is 16.9. The van der Waals surface area contributed by atoms with E-state index in [0.29, 0.717) is 11.5 Å². The van der Waals surface area contributed by atoms with Crippen molar-refractivity contribution in [1.82, 2.24) is 0 Å². The molecule has 23 heavy (non-hydrogen) atoms. The normalized spacial score (nSPS) is 35.9. The lowest BCUT2D eigenvalue weighted by Gasteiger charge is -2.23. The minimum atomic E-state index is -0.719. The van der Waals surface area contributed by atoms with Gasteiger partial charge in [0.2, 0.25) is 5.79 Å². The standard InChI is InChI=1S/C18H28O5/c1-5-7-8-13(6-2)9-15(21-16(19)12(3)4)18-17(22-18,23-18)10-14-11-20-14/h13-15H,3,5-11H2,1-2,4H3. The molecule has 3 aliphatic heterocycles. The highest BCUT2D eigenvalue weighted by Crippen LogP contribution is 2.73. The molecular formula is C18H28O5. The maximum Gasteiger partial charge on any atom is 0.333 e. The molecule has 5 nitrogen and oxygen atoms in total. The minimum absolute atomic E-state index is 0.235. The SMILES string of the molecule is C=C(C)C(=O)OC(CC(CC)CCCC)C12OC1(CC1CO1)O2. The van der Waals surface area contributed by atoms with Crippen LogP contribution < -0.4 is 0 Å². The third-order valence-corrected chi connectivity index (χ3v) is 5.09. The maximum atomic E-state index is 12.0. The topological polar surface area (TPSA) is 63.9 Å². The first-order valence-electron chi connectivity index (χ1n) is 8.84. The summed E-state index contributed by atoms with van der Waals surface area (Å²) in [6.07, 6.45) is 5.97. The Kier molecular flexibility index (Phi) is 4.55. The Bertz CT molecular complexity index is 476. The fourth-order valence-electron chi connectivity index (χ4n) is 3.33. The molecule has 0 spiro atoms. The van der Waals surface area contributed by atoms with Crippen molar-refractivity contribution in [2.45, 2.75) is 83.1 Å². The molecule has 0 N–H and O–H groups in total. The second-order valence-electron chi connectivity index (χ2n) is 7.11. The Balaban J connectivity index is 1.63. The summed E-state index contributed by atoms with van der Waals surface area (Å²) >= 11 is 0. The summed E-state index contributed by atoms with van der Waals surface area (Å²) in [4.78, 5) is 12.0. The third kappa shape index (κ3) is 3.32. The Morgan fingerprint density at radius 1 is 1.39 bits per heavy atom. The van der Waals surface area contributed by atoms with Gasteiger partial charge in [-0.05, 0) is 19.3 Å². The fraction of sp³-hybridized carbons (Fsp3) is 0.833. The number of hydrogen-bond acceptors (Lipinski definition) is 5. The summed E-state index contributed by atoms with van der Waals surface area (Å²) in [5.74, 6) is -1.13. The molecule has 0 radical (unpaired) electrons. The van der Waals surface area contributed by atoms with Gasteiger partial charge in [0.05, 0.1) is 12.7 Å². The van der Waals surface area contributed by atoms with Crippen LogP contribution in [0.3, 0.4) is 0 Å². The van der Waals surface area contributed by atoms with Crippen LogP contribution >= 0.6 is 0 Å². The van der Waals surface area contributed by atoms with Gasteiger partial charge in [0.15, 0.2) is 6.10 Å². The molecule has 3 aliphatic rings. The first-order chi connectivity index (χ1) is 11.0. The van der Waals surface area contributed by atoms with Gasteiger partial charge in [0.1, 0.15) is 0 Å². The molecule has 3 heterocycles. The van der Waals surface area contributed by atoms with Crippen LogP contribution in [0.1, 0.15) is 59.3 Å². The molecule has 3 rings (SSSR count). The van der Waals surface area contributed by atoms with Crippen molar-refractivity contribution in [2.24, 2.45) is 5.92 Å². The van der Waals surface area contributed by atoms with E-state index in [9.17, 15) is 4.79 Å². The van der Waals surface area contributed by atoms with E-state index in [-0.39, 0.29) is 18.2 Å². The number of carbonyl (C=O) groups is 1. The molecule has 0 saturated carbocycles. The predicted molar refractivity (Wildman–Crippen MR) is 84.6 cm³/mol. The molecule has 0 aromatic carbocycles. The van der Waals surface area contributed by atoms with Crippen LogP contribution in [0.5, 0.6) is 0 Å². The van der Waals surface area contributed by atoms with E-state index >= 15 is 0 Å². The monoisotopic (exact) mass is 324 g/mol. The quantitative estimate of drug-likeness (QED) is 0.331. The molecule has 0 amide bonds. The minimum Gasteiger partial charge on any atom is -0.453 e. The molecule has 0 bridgehead atoms. The fourth-order valence-corrected chi connectivity index (χ4v) is 3.33. The number of esters is 1. The van der Waals surface area contributed by atoms with Crippen molar-refractivity contribution in [3.05, 3.63) is 12.2 Å². The van der Waals surface area contributed by atoms with Gasteiger partial charge in [0, 0.05) is 12.0 Å². The molecule has 0 aliphatic carbocycles. The van der Waals surface area contributed by atoms with Crippen LogP contribution in [0.2, 0.25) is 0 Å². The Morgan fingerprint density at radius 2 is 2.09 bits per heavy atom. The van der Waals surface area contributed by atoms with Crippen LogP contribution in [-0.4, -0.2) is 36.4 Å². The van der Waals surface area contributed by atoms with Gasteiger partial charge < -0.3 is 18.9 Å². The predicted octanol–water partition coefficient (Wildman–Crippen LogP) is 3.32. The molecular weight excluding hydrogens is 296 g/mol. The van der Waals surface area contributed by atoms with E-state index in [1.165, 1.54) is 12.8 Å². The van der Waals surface area contributed by atoms with Gasteiger partial charge in [-0.2, -0.15) is 0 Å². The van der Waals surface area contributed by atoms with Gasteiger partial charge in [-0.25, -0.2) is 4.79 Å². The number of carbonyl (C=O) groups excluding carboxylic acids is 1. The summed E-state index contributed by atoms with van der Waals surface area (Å²) in [6, 6.07) is 0. The van der Waals surface area contributed by atoms with Gasteiger partial charge in [-0.15, -0.1) is 0 Å². The molecule has 0 aromatic heterocycles. The first-order valence-corrected chi connectivity index (χ1v) is 8.84. The van der Waals surface area contributed by atoms with E-state index in [1.807, 2.05) is 0 Å². The zero-order chi connectivity index (χ0) is 16.7. The van der Waals surface area contributed by atoms with Crippen LogP contribution in [-0.2, 0) is 23.7 Å². The van der Waals surface area contributed by atoms with Crippen molar-refractivity contribution >= 4 is 5.97 Å². The number of unbranched alkanes of at least 4 members (excludes halogenated alkanes) is 1. The van der Waals surface area contributed by atoms with E-state index in [4.69, 9.17) is 18.9 Å². The molecule has 3 saturated heterocycles. The lowest BCUT2D eigenvalue weighted by molar-refractivity contribution is -0.173. The molecule has 3 fully saturated rings. The Labute approximate surface area is 138 Å². The lowest BCUT2D eigenvalue weighted by Crippen LogP contribution is -2.31. The summed E-state index contributed by atoms with van der Waals surface area (Å²) < 4.78 is 22.6. The molecule has 130 valence electrons. The van der Waals surface area contributed by atoms with E-state index in [2.05, 4.69) is 20.4 Å². The lowest BCUT2D eigenvalue weighted by atomic mass is 9.91. The number of hydrogen-bond donors (Lipinski definition) is 0. The van der Waals surface area contributed by atoms with Crippen molar-refractivity contribution in [3.63, 3.8) is 0 Å². The van der Waals surface area contributed by atoms with E-state index < -0.39 is 11.6 Å². The Morgan fingerprint density at radius 3 is 2.61 bits per heavy atom. The molecule has 3 atom stereocenters. The zero-order valence-electron chi connectivity index (χ0n) is 14.4. The average Bonchev–Trinajstić information content (AvgIpc) is 3.40. The van der Waals surface area contributed by atoms with Gasteiger partial charge in [-0.3, -0.25) is 0 Å². The number of fused-ring (bicyclic) bond motifs is 1. The van der Waals surface area contributed by atoms with Crippen molar-refractivity contribution in [3.8, 4) is 0 Å². The zero-order valence-corrected chi connectivity index (χ0v) is 14.4. The summed E-state index contributed by atoms with van der Waals surface area (Å²) in [5, 5.41) is 0. The highest BCUT2D eigenvalue weighted by atomic mass is 17.1. The Hall–Kier alpha value is -0.910. The van der Waals surface area contributed by atoms with Crippen molar-refractivity contribution in [1.29, 1.82) is 0 Å². The van der Waals surface area contributed by atoms with Crippen LogP contribution in [0, 0.1) is 5.92 Å². The second-order valence-corrected chi connectivity index (χ2v) is 7.11. The third-order valence-electron chi connectivity index (χ3n) is 5.09. The van der Waals surface area contributed by atoms with Gasteiger partial charge in [0.25, 0.3) is 5.79 Å².